The molecule has 0 aliphatic rings. The van der Waals surface area contributed by atoms with Crippen molar-refractivity contribution in [1.82, 2.24) is 0 Å². The zero-order valence-corrected chi connectivity index (χ0v) is 9.52. The van der Waals surface area contributed by atoms with E-state index in [0.717, 1.165) is 0 Å². The van der Waals surface area contributed by atoms with Gasteiger partial charge in [0.15, 0.2) is 6.61 Å². The Morgan fingerprint density at radius 3 is 2.38 bits per heavy atom. The molecule has 0 saturated heterocycles. The van der Waals surface area contributed by atoms with Crippen molar-refractivity contribution in [2.75, 3.05) is 6.61 Å². The number of Topliss-reactive ketones (excluding diaryl/α,β-unsaturated/α-hetero) is 1. The Morgan fingerprint density at radius 2 is 2.00 bits per heavy atom. The number of hydrogen-bond donors (Lipinski definition) is 0. The molecule has 0 fully saturated rings. The standard InChI is InChI=1S/C10H14N2O4/c1-6(2)10(14)16-8(4)15-5-9(12-11)7(3)13/h8H,1,5H2,2-4H3. The van der Waals surface area contributed by atoms with Crippen LogP contribution in [0.3, 0.4) is 0 Å². The van der Waals surface area contributed by atoms with Gasteiger partial charge in [-0.25, -0.2) is 4.79 Å². The maximum absolute atomic E-state index is 11.1. The summed E-state index contributed by atoms with van der Waals surface area (Å²) >= 11 is 0. The minimum atomic E-state index is -0.847. The second-order valence-corrected chi connectivity index (χ2v) is 3.17. The molecule has 88 valence electrons. The van der Waals surface area contributed by atoms with Crippen molar-refractivity contribution in [3.63, 3.8) is 0 Å². The summed E-state index contributed by atoms with van der Waals surface area (Å²) in [6, 6.07) is 0. The molecule has 0 bridgehead atoms. The van der Waals surface area contributed by atoms with Gasteiger partial charge >= 0.3 is 11.7 Å². The monoisotopic (exact) mass is 226 g/mol. The number of carbonyl (C=O) groups excluding carboxylic acids is 2. The Hall–Kier alpha value is -1.78. The third kappa shape index (κ3) is 5.19. The molecular formula is C10H14N2O4. The summed E-state index contributed by atoms with van der Waals surface area (Å²) in [6.45, 7) is 7.40. The fourth-order valence-corrected chi connectivity index (χ4v) is 0.683. The first-order valence-electron chi connectivity index (χ1n) is 4.58. The molecule has 0 aromatic carbocycles. The zero-order valence-electron chi connectivity index (χ0n) is 9.52. The molecule has 0 spiro atoms. The molecule has 6 heteroatoms. The number of carbonyl (C=O) groups is 2. The van der Waals surface area contributed by atoms with Crippen LogP contribution in [0.2, 0.25) is 0 Å². The number of nitrogens with zero attached hydrogens (tertiary/aromatic N) is 2. The van der Waals surface area contributed by atoms with E-state index in [1.807, 2.05) is 0 Å². The lowest BCUT2D eigenvalue weighted by Gasteiger charge is -2.12. The van der Waals surface area contributed by atoms with E-state index in [2.05, 4.69) is 11.4 Å². The van der Waals surface area contributed by atoms with Crippen LogP contribution in [-0.4, -0.2) is 35.2 Å². The van der Waals surface area contributed by atoms with Gasteiger partial charge in [-0.05, 0) is 13.8 Å². The van der Waals surface area contributed by atoms with E-state index in [1.165, 1.54) is 20.8 Å². The lowest BCUT2D eigenvalue weighted by Crippen LogP contribution is -2.25. The van der Waals surface area contributed by atoms with E-state index in [1.54, 1.807) is 0 Å². The van der Waals surface area contributed by atoms with Crippen LogP contribution >= 0.6 is 0 Å². The highest BCUT2D eigenvalue weighted by Gasteiger charge is 2.18. The largest absolute Gasteiger partial charge is 0.433 e. The fraction of sp³-hybridized carbons (Fsp3) is 0.500. The van der Waals surface area contributed by atoms with Crippen molar-refractivity contribution in [1.29, 1.82) is 0 Å². The number of hydrogen-bond acceptors (Lipinski definition) is 4. The zero-order chi connectivity index (χ0) is 12.7. The fourth-order valence-electron chi connectivity index (χ4n) is 0.683. The van der Waals surface area contributed by atoms with Gasteiger partial charge in [-0.1, -0.05) is 6.58 Å². The van der Waals surface area contributed by atoms with Crippen molar-refractivity contribution in [3.8, 4) is 0 Å². The molecule has 0 aromatic rings. The van der Waals surface area contributed by atoms with Crippen LogP contribution in [0.4, 0.5) is 0 Å². The van der Waals surface area contributed by atoms with Crippen molar-refractivity contribution in [2.24, 2.45) is 0 Å². The molecule has 0 N–H and O–H groups in total. The molecule has 6 nitrogen and oxygen atoms in total. The number of esters is 1. The van der Waals surface area contributed by atoms with Gasteiger partial charge in [-0.2, -0.15) is 4.79 Å². The topological polar surface area (TPSA) is 89.0 Å². The first kappa shape index (κ1) is 14.2. The van der Waals surface area contributed by atoms with Gasteiger partial charge < -0.3 is 15.0 Å². The lowest BCUT2D eigenvalue weighted by atomic mass is 10.3. The molecule has 0 aliphatic carbocycles. The van der Waals surface area contributed by atoms with Crippen LogP contribution in [0, 0.1) is 0 Å². The van der Waals surface area contributed by atoms with Crippen molar-refractivity contribution < 1.29 is 23.9 Å². The summed E-state index contributed by atoms with van der Waals surface area (Å²) in [5, 5.41) is 0. The second-order valence-electron chi connectivity index (χ2n) is 3.17. The highest BCUT2D eigenvalue weighted by Crippen LogP contribution is 1.99. The average Bonchev–Trinajstić information content (AvgIpc) is 2.17. The lowest BCUT2D eigenvalue weighted by molar-refractivity contribution is -0.168. The minimum absolute atomic E-state index is 0.141. The summed E-state index contributed by atoms with van der Waals surface area (Å²) < 4.78 is 9.76. The van der Waals surface area contributed by atoms with Crippen LogP contribution in [0.1, 0.15) is 20.8 Å². The normalized spacial score (nSPS) is 11.2. The van der Waals surface area contributed by atoms with E-state index in [4.69, 9.17) is 15.0 Å². The highest BCUT2D eigenvalue weighted by molar-refractivity contribution is 6.37. The highest BCUT2D eigenvalue weighted by atomic mass is 16.7. The average molecular weight is 226 g/mol. The number of rotatable bonds is 6. The molecule has 0 heterocycles. The molecule has 0 amide bonds. The Morgan fingerprint density at radius 1 is 1.44 bits per heavy atom. The molecule has 0 saturated carbocycles. The maximum atomic E-state index is 11.1. The summed E-state index contributed by atoms with van der Waals surface area (Å²) in [6.07, 6.45) is -0.847. The van der Waals surface area contributed by atoms with Gasteiger partial charge in [0.25, 0.3) is 0 Å². The smallest absolute Gasteiger partial charge is 0.359 e. The SMILES string of the molecule is C=C(C)C(=O)OC(C)OCC(=[N+]=[N-])C(C)=O. The van der Waals surface area contributed by atoms with Crippen LogP contribution in [-0.2, 0) is 19.1 Å². The van der Waals surface area contributed by atoms with Crippen LogP contribution in [0.15, 0.2) is 12.2 Å². The van der Waals surface area contributed by atoms with Gasteiger partial charge in [0.1, 0.15) is 0 Å². The molecule has 16 heavy (non-hydrogen) atoms. The Bertz CT molecular complexity index is 356. The van der Waals surface area contributed by atoms with E-state index in [-0.39, 0.29) is 17.9 Å². The molecular weight excluding hydrogens is 212 g/mol. The van der Waals surface area contributed by atoms with Gasteiger partial charge in [0.05, 0.1) is 0 Å². The first-order chi connectivity index (χ1) is 7.38. The summed E-state index contributed by atoms with van der Waals surface area (Å²) in [4.78, 5) is 24.6. The molecule has 0 rings (SSSR count). The minimum Gasteiger partial charge on any atom is -0.433 e. The van der Waals surface area contributed by atoms with E-state index in [9.17, 15) is 9.59 Å². The molecule has 0 radical (unpaired) electrons. The van der Waals surface area contributed by atoms with Gasteiger partial charge in [-0.3, -0.25) is 4.79 Å². The van der Waals surface area contributed by atoms with E-state index < -0.39 is 18.0 Å². The Kier molecular flexibility index (Phi) is 5.92. The summed E-state index contributed by atoms with van der Waals surface area (Å²) in [5.41, 5.74) is 8.55. The van der Waals surface area contributed by atoms with Crippen molar-refractivity contribution in [2.45, 2.75) is 27.1 Å². The van der Waals surface area contributed by atoms with Gasteiger partial charge in [-0.15, -0.1) is 0 Å². The number of ketones is 1. The quantitative estimate of drug-likeness (QED) is 0.167. The van der Waals surface area contributed by atoms with Crippen LogP contribution in [0.5, 0.6) is 0 Å². The Balaban J connectivity index is 4.13. The third-order valence-electron chi connectivity index (χ3n) is 1.60. The second kappa shape index (κ2) is 6.66. The molecule has 1 atom stereocenters. The summed E-state index contributed by atoms with van der Waals surface area (Å²) in [5.74, 6) is -1.00. The Labute approximate surface area is 93.5 Å². The molecule has 0 aliphatic heterocycles. The first-order valence-corrected chi connectivity index (χ1v) is 4.58. The predicted molar refractivity (Wildman–Crippen MR) is 55.6 cm³/mol. The van der Waals surface area contributed by atoms with Crippen molar-refractivity contribution in [3.05, 3.63) is 17.7 Å². The molecule has 0 aromatic heterocycles. The van der Waals surface area contributed by atoms with Crippen LogP contribution < -0.4 is 0 Å². The van der Waals surface area contributed by atoms with Gasteiger partial charge in [0, 0.05) is 12.5 Å². The predicted octanol–water partition coefficient (Wildman–Crippen LogP) is 0.728. The van der Waals surface area contributed by atoms with E-state index >= 15 is 0 Å². The molecule has 1 unspecified atom stereocenters. The van der Waals surface area contributed by atoms with Crippen LogP contribution in [0.25, 0.3) is 5.53 Å². The third-order valence-corrected chi connectivity index (χ3v) is 1.60. The van der Waals surface area contributed by atoms with Crippen molar-refractivity contribution >= 4 is 17.5 Å². The van der Waals surface area contributed by atoms with E-state index in [0.29, 0.717) is 0 Å². The maximum Gasteiger partial charge on any atom is 0.359 e. The summed E-state index contributed by atoms with van der Waals surface area (Å²) in [7, 11) is 0. The number of ether oxygens (including phenoxy) is 2. The van der Waals surface area contributed by atoms with Gasteiger partial charge in [0.2, 0.25) is 12.1 Å².